The second kappa shape index (κ2) is 8.33. The zero-order valence-corrected chi connectivity index (χ0v) is 19.4. The molecule has 3 heterocycles. The highest BCUT2D eigenvalue weighted by Crippen LogP contribution is 2.37. The maximum Gasteiger partial charge on any atom is 0.340 e. The monoisotopic (exact) mass is 479 g/mol. The summed E-state index contributed by atoms with van der Waals surface area (Å²) >= 11 is 6.03. The minimum absolute atomic E-state index is 0.208. The average Bonchev–Trinajstić information content (AvgIpc) is 3.46. The Labute approximate surface area is 199 Å². The molecule has 1 amide bonds. The summed E-state index contributed by atoms with van der Waals surface area (Å²) in [6.07, 6.45) is 2.49. The topological polar surface area (TPSA) is 101 Å². The van der Waals surface area contributed by atoms with Crippen LogP contribution in [0.2, 0.25) is 5.02 Å². The third-order valence-electron chi connectivity index (χ3n) is 6.68. The number of hydrogen-bond donors (Lipinski definition) is 1. The molecule has 1 aliphatic rings. The lowest BCUT2D eigenvalue weighted by atomic mass is 9.97. The van der Waals surface area contributed by atoms with E-state index in [1.54, 1.807) is 25.3 Å². The lowest BCUT2D eigenvalue weighted by molar-refractivity contribution is -0.148. The third-order valence-corrected chi connectivity index (χ3v) is 6.94. The zero-order valence-electron chi connectivity index (χ0n) is 18.7. The second-order valence-electron chi connectivity index (χ2n) is 8.66. The lowest BCUT2D eigenvalue weighted by Gasteiger charge is -2.21. The summed E-state index contributed by atoms with van der Waals surface area (Å²) in [5, 5.41) is 11.6. The van der Waals surface area contributed by atoms with Gasteiger partial charge in [-0.25, -0.2) is 9.59 Å². The van der Waals surface area contributed by atoms with Crippen molar-refractivity contribution >= 4 is 45.4 Å². The molecule has 1 fully saturated rings. The van der Waals surface area contributed by atoms with Gasteiger partial charge in [-0.3, -0.25) is 4.79 Å². The number of nitrogens with zero attached hydrogens (tertiary/aromatic N) is 1. The number of halogens is 1. The van der Waals surface area contributed by atoms with Crippen molar-refractivity contribution in [2.75, 3.05) is 6.54 Å². The van der Waals surface area contributed by atoms with E-state index < -0.39 is 17.6 Å². The predicted octanol–water partition coefficient (Wildman–Crippen LogP) is 5.09. The normalized spacial score (nSPS) is 16.0. The number of aliphatic carboxylic acids is 1. The van der Waals surface area contributed by atoms with Gasteiger partial charge in [-0.2, -0.15) is 0 Å². The molecule has 8 heteroatoms. The molecule has 2 aromatic carbocycles. The van der Waals surface area contributed by atoms with Crippen LogP contribution in [-0.2, 0) is 16.0 Å². The Morgan fingerprint density at radius 2 is 1.85 bits per heavy atom. The molecule has 4 aromatic rings. The molecule has 0 radical (unpaired) electrons. The van der Waals surface area contributed by atoms with Crippen LogP contribution in [0.5, 0.6) is 0 Å². The van der Waals surface area contributed by atoms with Crippen LogP contribution in [0.15, 0.2) is 50.2 Å². The number of rotatable bonds is 4. The molecular formula is C26H22ClNO6. The van der Waals surface area contributed by atoms with Crippen molar-refractivity contribution < 1.29 is 23.5 Å². The van der Waals surface area contributed by atoms with Gasteiger partial charge in [0, 0.05) is 33.5 Å². The van der Waals surface area contributed by atoms with Crippen LogP contribution in [0, 0.1) is 13.8 Å². The molecule has 174 valence electrons. The Balaban J connectivity index is 1.62. The third kappa shape index (κ3) is 3.56. The van der Waals surface area contributed by atoms with E-state index in [1.807, 2.05) is 25.1 Å². The standard InChI is InChI=1S/C26H22ClNO6/c1-13-17-10-19-20(15-5-7-16(27)8-6-15)12-33-23(19)14(2)24(17)34-26(32)18(13)11-22(29)28-9-3-4-21(28)25(30)31/h5-8,10,12,21H,3-4,9,11H2,1-2H3,(H,30,31)/t21-/m1/s1. The van der Waals surface area contributed by atoms with Crippen molar-refractivity contribution in [1.29, 1.82) is 0 Å². The lowest BCUT2D eigenvalue weighted by Crippen LogP contribution is -2.41. The highest BCUT2D eigenvalue weighted by Gasteiger charge is 2.34. The van der Waals surface area contributed by atoms with E-state index >= 15 is 0 Å². The summed E-state index contributed by atoms with van der Waals surface area (Å²) in [7, 11) is 0. The molecule has 1 saturated heterocycles. The SMILES string of the molecule is Cc1c(CC(=O)N2CCC[C@@H]2C(=O)O)c(=O)oc2c(C)c3occ(-c4ccc(Cl)cc4)c3cc12. The summed E-state index contributed by atoms with van der Waals surface area (Å²) in [6.45, 7) is 3.98. The number of amides is 1. The number of aryl methyl sites for hydroxylation is 2. The van der Waals surface area contributed by atoms with E-state index in [0.717, 1.165) is 16.5 Å². The van der Waals surface area contributed by atoms with E-state index in [4.69, 9.17) is 20.4 Å². The Bertz CT molecular complexity index is 1510. The van der Waals surface area contributed by atoms with Gasteiger partial charge < -0.3 is 18.8 Å². The molecule has 5 rings (SSSR count). The van der Waals surface area contributed by atoms with Crippen molar-refractivity contribution in [3.05, 3.63) is 68.7 Å². The summed E-state index contributed by atoms with van der Waals surface area (Å²) in [5.41, 5.74) is 3.80. The van der Waals surface area contributed by atoms with Gasteiger partial charge in [0.15, 0.2) is 0 Å². The van der Waals surface area contributed by atoms with E-state index in [9.17, 15) is 19.5 Å². The van der Waals surface area contributed by atoms with Gasteiger partial charge in [0.05, 0.1) is 18.2 Å². The fourth-order valence-corrected chi connectivity index (χ4v) is 4.95. The van der Waals surface area contributed by atoms with E-state index in [0.29, 0.717) is 52.1 Å². The Morgan fingerprint density at radius 1 is 1.12 bits per heavy atom. The number of carbonyl (C=O) groups is 2. The van der Waals surface area contributed by atoms with Crippen LogP contribution in [0.3, 0.4) is 0 Å². The molecule has 2 aromatic heterocycles. The molecule has 1 aliphatic heterocycles. The van der Waals surface area contributed by atoms with Gasteiger partial charge >= 0.3 is 11.6 Å². The number of hydrogen-bond acceptors (Lipinski definition) is 5. The average molecular weight is 480 g/mol. The van der Waals surface area contributed by atoms with E-state index in [-0.39, 0.29) is 17.9 Å². The van der Waals surface area contributed by atoms with E-state index in [1.165, 1.54) is 4.90 Å². The largest absolute Gasteiger partial charge is 0.480 e. The maximum absolute atomic E-state index is 12.9. The Kier molecular flexibility index (Phi) is 5.44. The van der Waals surface area contributed by atoms with Crippen molar-refractivity contribution in [2.24, 2.45) is 0 Å². The number of fused-ring (bicyclic) bond motifs is 2. The molecule has 7 nitrogen and oxygen atoms in total. The first-order valence-electron chi connectivity index (χ1n) is 11.0. The smallest absolute Gasteiger partial charge is 0.340 e. The zero-order chi connectivity index (χ0) is 24.1. The maximum atomic E-state index is 12.9. The van der Waals surface area contributed by atoms with Crippen molar-refractivity contribution in [3.63, 3.8) is 0 Å². The molecule has 0 spiro atoms. The number of furan rings is 1. The van der Waals surface area contributed by atoms with Crippen LogP contribution in [-0.4, -0.2) is 34.5 Å². The number of carbonyl (C=O) groups excluding carboxylic acids is 1. The fourth-order valence-electron chi connectivity index (χ4n) is 4.83. The van der Waals surface area contributed by atoms with Crippen molar-refractivity contribution in [2.45, 2.75) is 39.2 Å². The Morgan fingerprint density at radius 3 is 2.56 bits per heavy atom. The van der Waals surface area contributed by atoms with Gasteiger partial charge in [0.2, 0.25) is 5.91 Å². The van der Waals surface area contributed by atoms with Gasteiger partial charge in [-0.15, -0.1) is 0 Å². The first-order chi connectivity index (χ1) is 16.3. The van der Waals surface area contributed by atoms with Gasteiger partial charge in [-0.05, 0) is 56.0 Å². The summed E-state index contributed by atoms with van der Waals surface area (Å²) < 4.78 is 11.5. The minimum Gasteiger partial charge on any atom is -0.480 e. The molecule has 1 N–H and O–H groups in total. The highest BCUT2D eigenvalue weighted by atomic mass is 35.5. The first kappa shape index (κ1) is 22.2. The molecule has 1 atom stereocenters. The van der Waals surface area contributed by atoms with Crippen LogP contribution in [0.4, 0.5) is 0 Å². The summed E-state index contributed by atoms with van der Waals surface area (Å²) in [5.74, 6) is -1.41. The van der Waals surface area contributed by atoms with Crippen LogP contribution in [0.1, 0.15) is 29.5 Å². The fraction of sp³-hybridized carbons (Fsp3) is 0.269. The first-order valence-corrected chi connectivity index (χ1v) is 11.4. The van der Waals surface area contributed by atoms with Crippen molar-refractivity contribution in [1.82, 2.24) is 4.90 Å². The minimum atomic E-state index is -1.03. The predicted molar refractivity (Wildman–Crippen MR) is 128 cm³/mol. The second-order valence-corrected chi connectivity index (χ2v) is 9.10. The van der Waals surface area contributed by atoms with Gasteiger partial charge in [-0.1, -0.05) is 23.7 Å². The molecule has 0 bridgehead atoms. The highest BCUT2D eigenvalue weighted by molar-refractivity contribution is 6.30. The van der Waals surface area contributed by atoms with Crippen LogP contribution >= 0.6 is 11.6 Å². The van der Waals surface area contributed by atoms with Gasteiger partial charge in [0.25, 0.3) is 0 Å². The summed E-state index contributed by atoms with van der Waals surface area (Å²) in [4.78, 5) is 38.6. The molecule has 0 unspecified atom stereocenters. The molecule has 0 saturated carbocycles. The summed E-state index contributed by atoms with van der Waals surface area (Å²) in [6, 6.07) is 8.48. The quantitative estimate of drug-likeness (QED) is 0.409. The number of likely N-dealkylation sites (tertiary alicyclic amines) is 1. The number of carboxylic acids is 1. The molecule has 0 aliphatic carbocycles. The molecule has 34 heavy (non-hydrogen) atoms. The van der Waals surface area contributed by atoms with Crippen molar-refractivity contribution in [3.8, 4) is 11.1 Å². The van der Waals surface area contributed by atoms with Crippen LogP contribution in [0.25, 0.3) is 33.1 Å². The van der Waals surface area contributed by atoms with E-state index in [2.05, 4.69) is 0 Å². The molecular weight excluding hydrogens is 458 g/mol. The Hall–Kier alpha value is -3.58. The number of benzene rings is 2. The van der Waals surface area contributed by atoms with Gasteiger partial charge in [0.1, 0.15) is 17.2 Å². The van der Waals surface area contributed by atoms with Crippen LogP contribution < -0.4 is 5.63 Å². The number of carboxylic acid groups (broad SMARTS) is 1.